The molecule has 0 saturated carbocycles. The largest absolute Gasteiger partial charge is 0.255 e. The van der Waals surface area contributed by atoms with Gasteiger partial charge in [0, 0.05) is 19.6 Å². The summed E-state index contributed by atoms with van der Waals surface area (Å²) in [6, 6.07) is 0. The second kappa shape index (κ2) is 4.69. The predicted molar refractivity (Wildman–Crippen MR) is 43.7 cm³/mol. The minimum absolute atomic E-state index is 1.16. The molecule has 10 heavy (non-hydrogen) atoms. The van der Waals surface area contributed by atoms with E-state index in [4.69, 9.17) is 0 Å². The van der Waals surface area contributed by atoms with Gasteiger partial charge < -0.3 is 0 Å². The van der Waals surface area contributed by atoms with Crippen molar-refractivity contribution in [1.29, 1.82) is 0 Å². The topological polar surface area (TPSA) is 15.3 Å². The Labute approximate surface area is 63.6 Å². The first kappa shape index (κ1) is 8.02. The minimum atomic E-state index is 1.16. The van der Waals surface area contributed by atoms with Gasteiger partial charge in [0.1, 0.15) is 0 Å². The van der Waals surface area contributed by atoms with Crippen molar-refractivity contribution in [3.63, 3.8) is 0 Å². The zero-order valence-electron chi connectivity index (χ0n) is 6.90. The van der Waals surface area contributed by atoms with Crippen molar-refractivity contribution < 1.29 is 0 Å². The first-order chi connectivity index (χ1) is 4.93. The van der Waals surface area contributed by atoms with E-state index in [1.807, 2.05) is 0 Å². The maximum absolute atomic E-state index is 3.42. The molecule has 1 aliphatic heterocycles. The lowest BCUT2D eigenvalue weighted by molar-refractivity contribution is 0.234. The summed E-state index contributed by atoms with van der Waals surface area (Å²) >= 11 is 0. The number of nitrogens with one attached hydrogen (secondary N) is 1. The predicted octanol–water partition coefficient (Wildman–Crippen LogP) is 1.39. The van der Waals surface area contributed by atoms with E-state index in [0.717, 1.165) is 6.54 Å². The fourth-order valence-electron chi connectivity index (χ4n) is 1.29. The molecule has 1 rings (SSSR count). The molecule has 60 valence electrons. The number of hydrogen-bond donors (Lipinski definition) is 1. The van der Waals surface area contributed by atoms with Crippen LogP contribution >= 0.6 is 0 Å². The van der Waals surface area contributed by atoms with Crippen LogP contribution in [0.3, 0.4) is 0 Å². The molecule has 1 aliphatic rings. The monoisotopic (exact) mass is 142 g/mol. The number of rotatable bonds is 4. The molecule has 0 aromatic heterocycles. The highest BCUT2D eigenvalue weighted by Crippen LogP contribution is 2.03. The minimum Gasteiger partial charge on any atom is -0.255 e. The third kappa shape index (κ3) is 2.67. The Kier molecular flexibility index (Phi) is 3.76. The van der Waals surface area contributed by atoms with Crippen LogP contribution < -0.4 is 5.43 Å². The molecule has 0 spiro atoms. The Bertz CT molecular complexity index is 77.3. The van der Waals surface area contributed by atoms with E-state index in [0.29, 0.717) is 0 Å². The molecule has 1 saturated heterocycles. The maximum Gasteiger partial charge on any atom is 0.0131 e. The maximum atomic E-state index is 3.42. The molecule has 0 aromatic rings. The van der Waals surface area contributed by atoms with Gasteiger partial charge in [0.15, 0.2) is 0 Å². The highest BCUT2D eigenvalue weighted by molar-refractivity contribution is 4.61. The van der Waals surface area contributed by atoms with Gasteiger partial charge in [-0.1, -0.05) is 13.3 Å². The summed E-state index contributed by atoms with van der Waals surface area (Å²) in [5, 5.41) is 2.34. The summed E-state index contributed by atoms with van der Waals surface area (Å²) in [5.41, 5.74) is 3.42. The molecule has 1 fully saturated rings. The highest BCUT2D eigenvalue weighted by atomic mass is 15.5. The third-order valence-electron chi connectivity index (χ3n) is 1.97. The molecule has 1 N–H and O–H groups in total. The quantitative estimate of drug-likeness (QED) is 0.597. The normalized spacial score (nSPS) is 20.1. The van der Waals surface area contributed by atoms with Gasteiger partial charge in [-0.05, 0) is 19.3 Å². The Morgan fingerprint density at radius 1 is 1.30 bits per heavy atom. The van der Waals surface area contributed by atoms with Gasteiger partial charge in [0.25, 0.3) is 0 Å². The van der Waals surface area contributed by atoms with Gasteiger partial charge in [-0.2, -0.15) is 0 Å². The SMILES string of the molecule is CCCCNN1CCCC1. The fourth-order valence-corrected chi connectivity index (χ4v) is 1.29. The van der Waals surface area contributed by atoms with E-state index in [2.05, 4.69) is 17.4 Å². The number of hydrogen-bond acceptors (Lipinski definition) is 2. The van der Waals surface area contributed by atoms with Crippen LogP contribution in [0, 0.1) is 0 Å². The van der Waals surface area contributed by atoms with Crippen molar-refractivity contribution >= 4 is 0 Å². The fraction of sp³-hybridized carbons (Fsp3) is 1.00. The molecule has 0 atom stereocenters. The van der Waals surface area contributed by atoms with Crippen LogP contribution in [0.15, 0.2) is 0 Å². The highest BCUT2D eigenvalue weighted by Gasteiger charge is 2.08. The van der Waals surface area contributed by atoms with Crippen molar-refractivity contribution in [2.75, 3.05) is 19.6 Å². The number of unbranched alkanes of at least 4 members (excludes halogenated alkanes) is 1. The van der Waals surface area contributed by atoms with E-state index in [1.165, 1.54) is 38.8 Å². The number of hydrazine groups is 1. The van der Waals surface area contributed by atoms with Crippen LogP contribution in [0.25, 0.3) is 0 Å². The standard InChI is InChI=1S/C8H18N2/c1-2-3-6-9-10-7-4-5-8-10/h9H,2-8H2,1H3. The van der Waals surface area contributed by atoms with Gasteiger partial charge in [-0.3, -0.25) is 5.43 Å². The molecule has 0 amide bonds. The lowest BCUT2D eigenvalue weighted by Gasteiger charge is -2.15. The molecule has 1 heterocycles. The molecule has 0 aromatic carbocycles. The van der Waals surface area contributed by atoms with Crippen LogP contribution in [0.5, 0.6) is 0 Å². The average molecular weight is 142 g/mol. The Morgan fingerprint density at radius 3 is 2.60 bits per heavy atom. The number of nitrogens with zero attached hydrogens (tertiary/aromatic N) is 1. The zero-order chi connectivity index (χ0) is 7.23. The lowest BCUT2D eigenvalue weighted by atomic mass is 10.3. The molecule has 0 radical (unpaired) electrons. The van der Waals surface area contributed by atoms with Gasteiger partial charge in [0.2, 0.25) is 0 Å². The van der Waals surface area contributed by atoms with E-state index in [-0.39, 0.29) is 0 Å². The van der Waals surface area contributed by atoms with E-state index in [1.54, 1.807) is 0 Å². The van der Waals surface area contributed by atoms with E-state index >= 15 is 0 Å². The summed E-state index contributed by atoms with van der Waals surface area (Å²) in [7, 11) is 0. The second-order valence-electron chi connectivity index (χ2n) is 2.96. The first-order valence-corrected chi connectivity index (χ1v) is 4.42. The van der Waals surface area contributed by atoms with Crippen molar-refractivity contribution in [3.05, 3.63) is 0 Å². The van der Waals surface area contributed by atoms with Crippen molar-refractivity contribution in [3.8, 4) is 0 Å². The van der Waals surface area contributed by atoms with Crippen LogP contribution in [-0.4, -0.2) is 24.6 Å². The van der Waals surface area contributed by atoms with Crippen LogP contribution in [0.1, 0.15) is 32.6 Å². The molecule has 0 bridgehead atoms. The van der Waals surface area contributed by atoms with Gasteiger partial charge >= 0.3 is 0 Å². The molecular formula is C8H18N2. The summed E-state index contributed by atoms with van der Waals surface area (Å²) in [6.45, 7) is 5.90. The molecular weight excluding hydrogens is 124 g/mol. The van der Waals surface area contributed by atoms with Gasteiger partial charge in [-0.25, -0.2) is 5.01 Å². The average Bonchev–Trinajstić information content (AvgIpc) is 2.41. The molecule has 2 nitrogen and oxygen atoms in total. The Hall–Kier alpha value is -0.0800. The summed E-state index contributed by atoms with van der Waals surface area (Å²) in [4.78, 5) is 0. The third-order valence-corrected chi connectivity index (χ3v) is 1.97. The Morgan fingerprint density at radius 2 is 2.00 bits per heavy atom. The summed E-state index contributed by atoms with van der Waals surface area (Å²) < 4.78 is 0. The van der Waals surface area contributed by atoms with Crippen LogP contribution in [-0.2, 0) is 0 Å². The lowest BCUT2D eigenvalue weighted by Crippen LogP contribution is -2.35. The molecule has 0 unspecified atom stereocenters. The van der Waals surface area contributed by atoms with E-state index < -0.39 is 0 Å². The zero-order valence-corrected chi connectivity index (χ0v) is 6.90. The van der Waals surface area contributed by atoms with E-state index in [9.17, 15) is 0 Å². The van der Waals surface area contributed by atoms with Crippen molar-refractivity contribution in [2.24, 2.45) is 0 Å². The summed E-state index contributed by atoms with van der Waals surface area (Å²) in [6.07, 6.45) is 5.34. The molecule has 2 heteroatoms. The van der Waals surface area contributed by atoms with Gasteiger partial charge in [-0.15, -0.1) is 0 Å². The first-order valence-electron chi connectivity index (χ1n) is 4.42. The van der Waals surface area contributed by atoms with Crippen molar-refractivity contribution in [2.45, 2.75) is 32.6 Å². The van der Waals surface area contributed by atoms with Crippen LogP contribution in [0.4, 0.5) is 0 Å². The smallest absolute Gasteiger partial charge is 0.0131 e. The summed E-state index contributed by atoms with van der Waals surface area (Å²) in [5.74, 6) is 0. The van der Waals surface area contributed by atoms with Crippen LogP contribution in [0.2, 0.25) is 0 Å². The Balaban J connectivity index is 1.91. The molecule has 0 aliphatic carbocycles. The van der Waals surface area contributed by atoms with Gasteiger partial charge in [0.05, 0.1) is 0 Å². The second-order valence-corrected chi connectivity index (χ2v) is 2.96. The van der Waals surface area contributed by atoms with Crippen molar-refractivity contribution in [1.82, 2.24) is 10.4 Å².